The van der Waals surface area contributed by atoms with Crippen LogP contribution in [0, 0.1) is 5.82 Å². The van der Waals surface area contributed by atoms with Crippen LogP contribution in [0.4, 0.5) is 4.39 Å². The molecule has 0 saturated heterocycles. The first-order valence-electron chi connectivity index (χ1n) is 6.07. The van der Waals surface area contributed by atoms with Crippen LogP contribution in [0.3, 0.4) is 0 Å². The molecule has 1 unspecified atom stereocenters. The van der Waals surface area contributed by atoms with Crippen molar-refractivity contribution in [2.24, 2.45) is 0 Å². The lowest BCUT2D eigenvalue weighted by atomic mass is 9.98. The maximum Gasteiger partial charge on any atom is 0.128 e. The molecule has 0 heterocycles. The fraction of sp³-hybridized carbons (Fsp3) is 0.200. The molecule has 1 nitrogen and oxygen atoms in total. The normalized spacial score (nSPS) is 12.4. The third kappa shape index (κ3) is 3.64. The molecule has 0 aliphatic heterocycles. The topological polar surface area (TPSA) is 12.0 Å². The first-order valence-corrected chi connectivity index (χ1v) is 7.21. The highest BCUT2D eigenvalue weighted by Gasteiger charge is 2.16. The van der Waals surface area contributed by atoms with E-state index < -0.39 is 0 Å². The molecular formula is C15H13Cl3FN. The number of halogens is 4. The summed E-state index contributed by atoms with van der Waals surface area (Å²) >= 11 is 18.1. The van der Waals surface area contributed by atoms with Crippen molar-refractivity contribution in [3.8, 4) is 0 Å². The third-order valence-corrected chi connectivity index (χ3v) is 3.95. The average molecular weight is 333 g/mol. The van der Waals surface area contributed by atoms with Crippen LogP contribution >= 0.6 is 34.8 Å². The summed E-state index contributed by atoms with van der Waals surface area (Å²) in [6.45, 7) is 0. The minimum Gasteiger partial charge on any atom is -0.313 e. The quantitative estimate of drug-likeness (QED) is 0.802. The Morgan fingerprint density at radius 3 is 2.40 bits per heavy atom. The van der Waals surface area contributed by atoms with Gasteiger partial charge in [0.1, 0.15) is 5.82 Å². The summed E-state index contributed by atoms with van der Waals surface area (Å²) in [5, 5.41) is 4.79. The standard InChI is InChI=1S/C15H13Cl3FN/c1-20-15(12-8-11(17)3-5-14(12)19)7-9-6-10(16)2-4-13(9)18/h2-6,8,15,20H,7H2,1H3. The second-order valence-corrected chi connectivity index (χ2v) is 5.73. The Morgan fingerprint density at radius 2 is 1.70 bits per heavy atom. The zero-order chi connectivity index (χ0) is 14.7. The number of hydrogen-bond donors (Lipinski definition) is 1. The van der Waals surface area contributed by atoms with Crippen LogP contribution in [0.2, 0.25) is 15.1 Å². The Morgan fingerprint density at radius 1 is 1.05 bits per heavy atom. The van der Waals surface area contributed by atoms with Crippen molar-refractivity contribution in [3.05, 3.63) is 68.4 Å². The molecule has 2 aromatic carbocycles. The van der Waals surface area contributed by atoms with Crippen LogP contribution in [0.1, 0.15) is 17.2 Å². The zero-order valence-electron chi connectivity index (χ0n) is 10.8. The van der Waals surface area contributed by atoms with E-state index in [1.807, 2.05) is 0 Å². The van der Waals surface area contributed by atoms with Gasteiger partial charge in [-0.1, -0.05) is 34.8 Å². The van der Waals surface area contributed by atoms with Crippen molar-refractivity contribution in [2.75, 3.05) is 7.05 Å². The first kappa shape index (κ1) is 15.6. The van der Waals surface area contributed by atoms with Gasteiger partial charge < -0.3 is 5.32 Å². The second-order valence-electron chi connectivity index (χ2n) is 4.45. The molecule has 0 aromatic heterocycles. The van der Waals surface area contributed by atoms with Crippen molar-refractivity contribution in [2.45, 2.75) is 12.5 Å². The lowest BCUT2D eigenvalue weighted by molar-refractivity contribution is 0.534. The number of hydrogen-bond acceptors (Lipinski definition) is 1. The Hall–Kier alpha value is -0.800. The Labute approximate surface area is 132 Å². The molecule has 0 radical (unpaired) electrons. The lowest BCUT2D eigenvalue weighted by Crippen LogP contribution is -2.20. The Bertz CT molecular complexity index is 616. The summed E-state index contributed by atoms with van der Waals surface area (Å²) in [6, 6.07) is 9.53. The smallest absolute Gasteiger partial charge is 0.128 e. The van der Waals surface area contributed by atoms with Gasteiger partial charge in [-0.15, -0.1) is 0 Å². The highest BCUT2D eigenvalue weighted by molar-refractivity contribution is 6.33. The van der Waals surface area contributed by atoms with Gasteiger partial charge in [0.15, 0.2) is 0 Å². The molecule has 5 heteroatoms. The van der Waals surface area contributed by atoms with Gasteiger partial charge in [-0.25, -0.2) is 4.39 Å². The van der Waals surface area contributed by atoms with Crippen molar-refractivity contribution in [1.82, 2.24) is 5.32 Å². The molecule has 0 saturated carbocycles. The largest absolute Gasteiger partial charge is 0.313 e. The summed E-state index contributed by atoms with van der Waals surface area (Å²) in [5.41, 5.74) is 1.37. The van der Waals surface area contributed by atoms with Crippen molar-refractivity contribution < 1.29 is 4.39 Å². The number of rotatable bonds is 4. The van der Waals surface area contributed by atoms with E-state index in [9.17, 15) is 4.39 Å². The Kier molecular flexibility index (Phi) is 5.28. The fourth-order valence-corrected chi connectivity index (χ4v) is 2.64. The molecule has 2 aromatic rings. The van der Waals surface area contributed by atoms with Gasteiger partial charge in [0, 0.05) is 26.7 Å². The average Bonchev–Trinajstić information content (AvgIpc) is 2.42. The highest BCUT2D eigenvalue weighted by atomic mass is 35.5. The van der Waals surface area contributed by atoms with E-state index in [-0.39, 0.29) is 11.9 Å². The summed E-state index contributed by atoms with van der Waals surface area (Å²) < 4.78 is 13.9. The van der Waals surface area contributed by atoms with E-state index in [0.717, 1.165) is 5.56 Å². The van der Waals surface area contributed by atoms with Gasteiger partial charge >= 0.3 is 0 Å². The van der Waals surface area contributed by atoms with Gasteiger partial charge in [-0.2, -0.15) is 0 Å². The SMILES string of the molecule is CNC(Cc1cc(Cl)ccc1Cl)c1cc(Cl)ccc1F. The maximum atomic E-state index is 13.9. The molecule has 1 N–H and O–H groups in total. The zero-order valence-corrected chi connectivity index (χ0v) is 13.0. The van der Waals surface area contributed by atoms with Gasteiger partial charge in [-0.3, -0.25) is 0 Å². The van der Waals surface area contributed by atoms with Crippen LogP contribution in [-0.2, 0) is 6.42 Å². The summed E-state index contributed by atoms with van der Waals surface area (Å²) in [6.07, 6.45) is 0.521. The summed E-state index contributed by atoms with van der Waals surface area (Å²) in [4.78, 5) is 0. The van der Waals surface area contributed by atoms with Crippen molar-refractivity contribution in [1.29, 1.82) is 0 Å². The first-order chi connectivity index (χ1) is 9.51. The molecule has 0 fully saturated rings. The second kappa shape index (κ2) is 6.77. The molecular weight excluding hydrogens is 320 g/mol. The molecule has 0 aliphatic rings. The minimum atomic E-state index is -0.299. The third-order valence-electron chi connectivity index (χ3n) is 3.11. The van der Waals surface area contributed by atoms with Crippen LogP contribution in [0.15, 0.2) is 36.4 Å². The summed E-state index contributed by atoms with van der Waals surface area (Å²) in [7, 11) is 1.77. The van der Waals surface area contributed by atoms with Gasteiger partial charge in [0.05, 0.1) is 0 Å². The maximum absolute atomic E-state index is 13.9. The highest BCUT2D eigenvalue weighted by Crippen LogP contribution is 2.28. The van der Waals surface area contributed by atoms with E-state index in [0.29, 0.717) is 27.1 Å². The van der Waals surface area contributed by atoms with E-state index in [2.05, 4.69) is 5.32 Å². The molecule has 0 bridgehead atoms. The molecule has 1 atom stereocenters. The van der Waals surface area contributed by atoms with Crippen LogP contribution in [-0.4, -0.2) is 7.05 Å². The van der Waals surface area contributed by atoms with E-state index in [4.69, 9.17) is 34.8 Å². The van der Waals surface area contributed by atoms with E-state index in [1.165, 1.54) is 12.1 Å². The Balaban J connectivity index is 2.33. The number of benzene rings is 2. The monoisotopic (exact) mass is 331 g/mol. The summed E-state index contributed by atoms with van der Waals surface area (Å²) in [5.74, 6) is -0.299. The molecule has 2 rings (SSSR count). The van der Waals surface area contributed by atoms with Crippen LogP contribution in [0.25, 0.3) is 0 Å². The molecule has 0 aliphatic carbocycles. The fourth-order valence-electron chi connectivity index (χ4n) is 2.07. The van der Waals surface area contributed by atoms with Gasteiger partial charge in [0.2, 0.25) is 0 Å². The van der Waals surface area contributed by atoms with Crippen molar-refractivity contribution >= 4 is 34.8 Å². The van der Waals surface area contributed by atoms with Gasteiger partial charge in [0.25, 0.3) is 0 Å². The van der Waals surface area contributed by atoms with E-state index >= 15 is 0 Å². The predicted molar refractivity (Wildman–Crippen MR) is 83.4 cm³/mol. The van der Waals surface area contributed by atoms with Crippen molar-refractivity contribution in [3.63, 3.8) is 0 Å². The molecule has 20 heavy (non-hydrogen) atoms. The molecule has 0 amide bonds. The lowest BCUT2D eigenvalue weighted by Gasteiger charge is -2.18. The predicted octanol–water partition coefficient (Wildman–Crippen LogP) is 5.29. The molecule has 106 valence electrons. The minimum absolute atomic E-state index is 0.232. The number of nitrogens with one attached hydrogen (secondary N) is 1. The number of likely N-dealkylation sites (N-methyl/N-ethyl adjacent to an activating group) is 1. The van der Waals surface area contributed by atoms with E-state index in [1.54, 1.807) is 31.3 Å². The molecule has 0 spiro atoms. The van der Waals surface area contributed by atoms with Crippen LogP contribution in [0.5, 0.6) is 0 Å². The van der Waals surface area contributed by atoms with Crippen LogP contribution < -0.4 is 5.32 Å². The van der Waals surface area contributed by atoms with Gasteiger partial charge in [-0.05, 0) is 55.4 Å².